The maximum Gasteiger partial charge on any atom is 0.256 e. The third-order valence-corrected chi connectivity index (χ3v) is 7.67. The van der Waals surface area contributed by atoms with Crippen LogP contribution in [0.25, 0.3) is 11.1 Å². The van der Waals surface area contributed by atoms with Gasteiger partial charge in [0.05, 0.1) is 34.8 Å². The topological polar surface area (TPSA) is 110 Å². The van der Waals surface area contributed by atoms with Gasteiger partial charge in [0, 0.05) is 13.0 Å². The summed E-state index contributed by atoms with van der Waals surface area (Å²) >= 11 is 0. The van der Waals surface area contributed by atoms with Crippen LogP contribution < -0.4 is 5.56 Å². The van der Waals surface area contributed by atoms with E-state index in [4.69, 9.17) is 4.98 Å². The molecule has 1 aliphatic carbocycles. The molecule has 1 aromatic heterocycles. The summed E-state index contributed by atoms with van der Waals surface area (Å²) in [4.78, 5) is 35.8. The minimum atomic E-state index is -1.37. The average molecular weight is 503 g/mol. The number of fused-ring (bicyclic) bond motifs is 1. The van der Waals surface area contributed by atoms with Crippen molar-refractivity contribution in [2.24, 2.45) is 0 Å². The highest BCUT2D eigenvalue weighted by Crippen LogP contribution is 2.51. The molecule has 1 aliphatic heterocycles. The normalized spacial score (nSPS) is 16.3. The van der Waals surface area contributed by atoms with Gasteiger partial charge in [-0.25, -0.2) is 4.98 Å². The molecule has 0 radical (unpaired) electrons. The molecule has 4 aromatic rings. The van der Waals surface area contributed by atoms with Gasteiger partial charge < -0.3 is 15.0 Å². The van der Waals surface area contributed by atoms with Gasteiger partial charge in [-0.3, -0.25) is 9.59 Å². The Bertz CT molecular complexity index is 1630. The molecular formula is C31H26N4O3. The van der Waals surface area contributed by atoms with E-state index < -0.39 is 12.0 Å². The summed E-state index contributed by atoms with van der Waals surface area (Å²) in [7, 11) is 0. The van der Waals surface area contributed by atoms with Gasteiger partial charge in [0.15, 0.2) is 6.10 Å². The van der Waals surface area contributed by atoms with E-state index in [9.17, 15) is 20.0 Å². The van der Waals surface area contributed by atoms with Crippen LogP contribution in [0.2, 0.25) is 0 Å². The second-order valence-corrected chi connectivity index (χ2v) is 10.0. The molecule has 7 heteroatoms. The standard InChI is InChI=1S/C31H26N4O3/c32-18-20-6-4-7-21(16-20)22-8-5-9-23(17-22)27(36)29(38)35-15-12-26-25(19-35)28(37)34-30(33-26)31(13-14-31)24-10-2-1-3-11-24/h1-11,16-17,27,36H,12-15,19H2,(H,33,34,37). The molecule has 1 fully saturated rings. The number of hydrogen-bond acceptors (Lipinski definition) is 5. The number of amides is 1. The van der Waals surface area contributed by atoms with Crippen molar-refractivity contribution in [2.75, 3.05) is 6.54 Å². The number of nitrogens with zero attached hydrogens (tertiary/aromatic N) is 3. The van der Waals surface area contributed by atoms with E-state index in [1.165, 1.54) is 4.90 Å². The van der Waals surface area contributed by atoms with Crippen LogP contribution >= 0.6 is 0 Å². The number of nitrogens with one attached hydrogen (secondary N) is 1. The summed E-state index contributed by atoms with van der Waals surface area (Å²) < 4.78 is 0. The van der Waals surface area contributed by atoms with E-state index in [1.807, 2.05) is 30.3 Å². The summed E-state index contributed by atoms with van der Waals surface area (Å²) in [6.07, 6.45) is 0.969. The number of benzene rings is 3. The first-order valence-corrected chi connectivity index (χ1v) is 12.7. The number of aliphatic hydroxyl groups is 1. The molecule has 0 bridgehead atoms. The van der Waals surface area contributed by atoms with Gasteiger partial charge in [0.25, 0.3) is 11.5 Å². The van der Waals surface area contributed by atoms with E-state index in [2.05, 4.69) is 23.2 Å². The van der Waals surface area contributed by atoms with Crippen LogP contribution in [0, 0.1) is 11.3 Å². The number of carbonyl (C=O) groups excluding carboxylic acids is 1. The molecule has 1 saturated carbocycles. The second kappa shape index (κ2) is 9.40. The fourth-order valence-corrected chi connectivity index (χ4v) is 5.36. The predicted molar refractivity (Wildman–Crippen MR) is 142 cm³/mol. The molecule has 1 unspecified atom stereocenters. The second-order valence-electron chi connectivity index (χ2n) is 10.0. The molecule has 0 saturated heterocycles. The molecule has 6 rings (SSSR count). The van der Waals surface area contributed by atoms with Crippen LogP contribution in [0.3, 0.4) is 0 Å². The smallest absolute Gasteiger partial charge is 0.256 e. The Hall–Kier alpha value is -4.54. The van der Waals surface area contributed by atoms with Crippen molar-refractivity contribution in [2.45, 2.75) is 37.3 Å². The van der Waals surface area contributed by atoms with Crippen molar-refractivity contribution in [1.29, 1.82) is 5.26 Å². The molecule has 2 heterocycles. The molecule has 3 aromatic carbocycles. The number of aliphatic hydroxyl groups excluding tert-OH is 1. The highest BCUT2D eigenvalue weighted by molar-refractivity contribution is 5.83. The van der Waals surface area contributed by atoms with Crippen LogP contribution in [0.1, 0.15) is 52.7 Å². The molecule has 2 N–H and O–H groups in total. The van der Waals surface area contributed by atoms with Gasteiger partial charge >= 0.3 is 0 Å². The highest BCUT2D eigenvalue weighted by atomic mass is 16.3. The quantitative estimate of drug-likeness (QED) is 0.429. The Balaban J connectivity index is 1.22. The molecule has 38 heavy (non-hydrogen) atoms. The lowest BCUT2D eigenvalue weighted by Crippen LogP contribution is -2.42. The van der Waals surface area contributed by atoms with Crippen LogP contribution in [-0.2, 0) is 23.2 Å². The van der Waals surface area contributed by atoms with E-state index in [0.29, 0.717) is 35.5 Å². The number of aromatic amines is 1. The Morgan fingerprint density at radius 2 is 1.76 bits per heavy atom. The van der Waals surface area contributed by atoms with E-state index in [0.717, 1.165) is 35.2 Å². The van der Waals surface area contributed by atoms with Crippen LogP contribution in [-0.4, -0.2) is 32.4 Å². The van der Waals surface area contributed by atoms with Crippen molar-refractivity contribution in [3.63, 3.8) is 0 Å². The van der Waals surface area contributed by atoms with Gasteiger partial charge in [0.2, 0.25) is 0 Å². The van der Waals surface area contributed by atoms with E-state index >= 15 is 0 Å². The van der Waals surface area contributed by atoms with Crippen molar-refractivity contribution in [3.8, 4) is 17.2 Å². The van der Waals surface area contributed by atoms with Crippen molar-refractivity contribution in [3.05, 3.63) is 123 Å². The summed E-state index contributed by atoms with van der Waals surface area (Å²) in [6.45, 7) is 0.483. The van der Waals surface area contributed by atoms with Crippen LogP contribution in [0.4, 0.5) is 0 Å². The van der Waals surface area contributed by atoms with Crippen LogP contribution in [0.15, 0.2) is 83.7 Å². The number of rotatable bonds is 5. The van der Waals surface area contributed by atoms with E-state index in [1.54, 1.807) is 36.4 Å². The van der Waals surface area contributed by atoms with Crippen molar-refractivity contribution >= 4 is 5.91 Å². The molecule has 7 nitrogen and oxygen atoms in total. The highest BCUT2D eigenvalue weighted by Gasteiger charge is 2.48. The number of hydrogen-bond donors (Lipinski definition) is 2. The van der Waals surface area contributed by atoms with Gasteiger partial charge in [-0.2, -0.15) is 5.26 Å². The van der Waals surface area contributed by atoms with Gasteiger partial charge in [-0.1, -0.05) is 60.7 Å². The Kier molecular flexibility index (Phi) is 5.90. The minimum Gasteiger partial charge on any atom is -0.378 e. The van der Waals surface area contributed by atoms with Gasteiger partial charge in [0.1, 0.15) is 5.82 Å². The third-order valence-electron chi connectivity index (χ3n) is 7.67. The zero-order valence-corrected chi connectivity index (χ0v) is 20.7. The SMILES string of the molecule is N#Cc1cccc(-c2cccc(C(O)C(=O)N3CCc4nc(C5(c6ccccc6)CC5)[nH]c(=O)c4C3)c2)c1. The Labute approximate surface area is 220 Å². The van der Waals surface area contributed by atoms with E-state index in [-0.39, 0.29) is 17.5 Å². The average Bonchev–Trinajstić information content (AvgIpc) is 3.79. The first-order chi connectivity index (χ1) is 18.5. The fourth-order valence-electron chi connectivity index (χ4n) is 5.36. The number of carbonyl (C=O) groups is 1. The summed E-state index contributed by atoms with van der Waals surface area (Å²) in [6, 6.07) is 26.6. The Morgan fingerprint density at radius 1 is 1.03 bits per heavy atom. The van der Waals surface area contributed by atoms with Crippen molar-refractivity contribution < 1.29 is 9.90 Å². The maximum atomic E-state index is 13.3. The first-order valence-electron chi connectivity index (χ1n) is 12.7. The zero-order valence-electron chi connectivity index (χ0n) is 20.7. The third kappa shape index (κ3) is 4.19. The monoisotopic (exact) mass is 502 g/mol. The first kappa shape index (κ1) is 23.8. The lowest BCUT2D eigenvalue weighted by Gasteiger charge is -2.30. The molecule has 1 amide bonds. The lowest BCUT2D eigenvalue weighted by atomic mass is 9.94. The largest absolute Gasteiger partial charge is 0.378 e. The molecule has 1 atom stereocenters. The van der Waals surface area contributed by atoms with Crippen LogP contribution in [0.5, 0.6) is 0 Å². The molecule has 2 aliphatic rings. The zero-order chi connectivity index (χ0) is 26.3. The number of nitriles is 1. The Morgan fingerprint density at radius 3 is 2.50 bits per heavy atom. The summed E-state index contributed by atoms with van der Waals surface area (Å²) in [5, 5.41) is 20.2. The van der Waals surface area contributed by atoms with Gasteiger partial charge in [-0.15, -0.1) is 0 Å². The maximum absolute atomic E-state index is 13.3. The summed E-state index contributed by atoms with van der Waals surface area (Å²) in [5.41, 5.74) is 4.52. The molecular weight excluding hydrogens is 476 g/mol. The van der Waals surface area contributed by atoms with Gasteiger partial charge in [-0.05, 0) is 53.3 Å². The number of H-pyrrole nitrogens is 1. The summed E-state index contributed by atoms with van der Waals surface area (Å²) in [5.74, 6) is 0.245. The molecule has 188 valence electrons. The lowest BCUT2D eigenvalue weighted by molar-refractivity contribution is -0.141. The predicted octanol–water partition coefficient (Wildman–Crippen LogP) is 4.01. The molecule has 0 spiro atoms. The number of aromatic nitrogens is 2. The fraction of sp³-hybridized carbons (Fsp3) is 0.226. The van der Waals surface area contributed by atoms with Crippen molar-refractivity contribution in [1.82, 2.24) is 14.9 Å². The minimum absolute atomic E-state index is 0.107.